The summed E-state index contributed by atoms with van der Waals surface area (Å²) in [6, 6.07) is 15.9. The summed E-state index contributed by atoms with van der Waals surface area (Å²) < 4.78 is 8.85. The van der Waals surface area contributed by atoms with Crippen molar-refractivity contribution in [1.29, 1.82) is 0 Å². The van der Waals surface area contributed by atoms with Gasteiger partial charge in [-0.05, 0) is 70.6 Å². The van der Waals surface area contributed by atoms with E-state index >= 15 is 0 Å². The van der Waals surface area contributed by atoms with E-state index in [0.717, 1.165) is 21.8 Å². The molecular formula is C19H16IN3O2S. The molecule has 7 heteroatoms. The third-order valence-electron chi connectivity index (χ3n) is 4.16. The number of ether oxygens (including phenoxy) is 1. The predicted molar refractivity (Wildman–Crippen MR) is 112 cm³/mol. The number of nitrogens with zero attached hydrogens (tertiary/aromatic N) is 3. The zero-order valence-corrected chi connectivity index (χ0v) is 17.0. The first-order valence-corrected chi connectivity index (χ1v) is 9.94. The monoisotopic (exact) mass is 477 g/mol. The Kier molecular flexibility index (Phi) is 4.82. The first-order valence-electron chi connectivity index (χ1n) is 8.04. The molecule has 1 aromatic heterocycles. The summed E-state index contributed by atoms with van der Waals surface area (Å²) in [6.45, 7) is 1.07. The predicted octanol–water partition coefficient (Wildman–Crippen LogP) is 2.41. The number of thiazole rings is 1. The van der Waals surface area contributed by atoms with Gasteiger partial charge >= 0.3 is 0 Å². The van der Waals surface area contributed by atoms with E-state index < -0.39 is 0 Å². The van der Waals surface area contributed by atoms with Crippen molar-refractivity contribution < 1.29 is 4.74 Å². The standard InChI is InChI=1S/C19H16IN3O2S/c1-25-16-4-2-3-13(9-16)10-17-18(24)23-12-22(11-21-19(23)26-17)15-7-5-14(20)6-8-15/h2-10H,11-12H2,1H3. The number of methoxy groups -OCH3 is 1. The summed E-state index contributed by atoms with van der Waals surface area (Å²) >= 11 is 3.71. The second-order valence-corrected chi connectivity index (χ2v) is 8.11. The van der Waals surface area contributed by atoms with Gasteiger partial charge in [0, 0.05) is 9.26 Å². The topological polar surface area (TPSA) is 46.8 Å². The van der Waals surface area contributed by atoms with Crippen LogP contribution in [0.5, 0.6) is 5.75 Å². The first-order chi connectivity index (χ1) is 12.6. The zero-order chi connectivity index (χ0) is 18.1. The summed E-state index contributed by atoms with van der Waals surface area (Å²) in [5.74, 6) is 0.773. The molecule has 1 aliphatic heterocycles. The van der Waals surface area contributed by atoms with Crippen LogP contribution in [0.25, 0.3) is 6.08 Å². The Balaban J connectivity index is 1.70. The van der Waals surface area contributed by atoms with Crippen LogP contribution in [0.3, 0.4) is 0 Å². The van der Waals surface area contributed by atoms with Gasteiger partial charge in [-0.3, -0.25) is 9.36 Å². The molecule has 4 rings (SSSR count). The van der Waals surface area contributed by atoms with Crippen LogP contribution >= 0.6 is 33.9 Å². The first kappa shape index (κ1) is 17.3. The number of aromatic nitrogens is 1. The number of hydrogen-bond acceptors (Lipinski definition) is 5. The molecule has 26 heavy (non-hydrogen) atoms. The zero-order valence-electron chi connectivity index (χ0n) is 14.1. The maximum absolute atomic E-state index is 12.8. The smallest absolute Gasteiger partial charge is 0.271 e. The molecule has 2 heterocycles. The normalized spacial score (nSPS) is 14.1. The van der Waals surface area contributed by atoms with E-state index in [9.17, 15) is 4.79 Å². The van der Waals surface area contributed by atoms with Gasteiger partial charge in [0.05, 0.1) is 11.6 Å². The number of fused-ring (bicyclic) bond motifs is 1. The van der Waals surface area contributed by atoms with Gasteiger partial charge in [0.2, 0.25) is 0 Å². The molecular weight excluding hydrogens is 461 g/mol. The van der Waals surface area contributed by atoms with Crippen LogP contribution in [0.15, 0.2) is 58.3 Å². The number of anilines is 1. The Labute approximate surface area is 168 Å². The maximum Gasteiger partial charge on any atom is 0.271 e. The molecule has 0 bridgehead atoms. The fraction of sp³-hybridized carbons (Fsp3) is 0.158. The summed E-state index contributed by atoms with van der Waals surface area (Å²) in [6.07, 6.45) is 1.89. The van der Waals surface area contributed by atoms with Gasteiger partial charge in [0.25, 0.3) is 5.56 Å². The van der Waals surface area contributed by atoms with Crippen LogP contribution in [0.2, 0.25) is 0 Å². The Morgan fingerprint density at radius 2 is 2.04 bits per heavy atom. The van der Waals surface area contributed by atoms with E-state index in [0.29, 0.717) is 17.9 Å². The molecule has 2 aromatic carbocycles. The van der Waals surface area contributed by atoms with Crippen molar-refractivity contribution in [2.45, 2.75) is 6.67 Å². The SMILES string of the molecule is COc1cccc(C=c2sc3n(c2=O)CN(c2ccc(I)cc2)CN=3)c1. The van der Waals surface area contributed by atoms with Crippen LogP contribution in [-0.4, -0.2) is 18.3 Å². The molecule has 0 amide bonds. The Morgan fingerprint density at radius 3 is 2.81 bits per heavy atom. The van der Waals surface area contributed by atoms with Crippen molar-refractivity contribution in [1.82, 2.24) is 4.57 Å². The van der Waals surface area contributed by atoms with E-state index in [1.165, 1.54) is 14.9 Å². The highest BCUT2D eigenvalue weighted by atomic mass is 127. The van der Waals surface area contributed by atoms with E-state index in [1.54, 1.807) is 11.7 Å². The fourth-order valence-corrected chi connectivity index (χ4v) is 4.13. The van der Waals surface area contributed by atoms with Gasteiger partial charge in [0.15, 0.2) is 4.80 Å². The van der Waals surface area contributed by atoms with Crippen molar-refractivity contribution in [2.75, 3.05) is 18.7 Å². The van der Waals surface area contributed by atoms with Gasteiger partial charge in [0.1, 0.15) is 19.1 Å². The molecule has 0 fully saturated rings. The second kappa shape index (κ2) is 7.24. The summed E-state index contributed by atoms with van der Waals surface area (Å²) in [4.78, 5) is 20.3. The average Bonchev–Trinajstić information content (AvgIpc) is 2.98. The van der Waals surface area contributed by atoms with E-state index in [4.69, 9.17) is 4.74 Å². The Morgan fingerprint density at radius 1 is 1.23 bits per heavy atom. The molecule has 0 atom stereocenters. The third kappa shape index (κ3) is 3.41. The van der Waals surface area contributed by atoms with Crippen LogP contribution in [-0.2, 0) is 6.67 Å². The van der Waals surface area contributed by atoms with Gasteiger partial charge < -0.3 is 9.64 Å². The highest BCUT2D eigenvalue weighted by Gasteiger charge is 2.15. The molecule has 0 spiro atoms. The lowest BCUT2D eigenvalue weighted by Crippen LogP contribution is -2.42. The lowest BCUT2D eigenvalue weighted by molar-refractivity contribution is 0.414. The van der Waals surface area contributed by atoms with Gasteiger partial charge in [-0.15, -0.1) is 0 Å². The lowest BCUT2D eigenvalue weighted by atomic mass is 10.2. The van der Waals surface area contributed by atoms with Crippen LogP contribution in [0.1, 0.15) is 5.56 Å². The van der Waals surface area contributed by atoms with Gasteiger partial charge in [-0.1, -0.05) is 23.5 Å². The number of halogens is 1. The molecule has 0 saturated heterocycles. The van der Waals surface area contributed by atoms with Crippen molar-refractivity contribution in [3.8, 4) is 5.75 Å². The van der Waals surface area contributed by atoms with E-state index in [1.807, 2.05) is 30.3 Å². The molecule has 132 valence electrons. The van der Waals surface area contributed by atoms with Crippen LogP contribution < -0.4 is 24.5 Å². The minimum Gasteiger partial charge on any atom is -0.497 e. The highest BCUT2D eigenvalue weighted by molar-refractivity contribution is 14.1. The molecule has 0 unspecified atom stereocenters. The number of benzene rings is 2. The van der Waals surface area contributed by atoms with Crippen molar-refractivity contribution >= 4 is 45.7 Å². The molecule has 3 aromatic rings. The molecule has 0 radical (unpaired) electrons. The highest BCUT2D eigenvalue weighted by Crippen LogP contribution is 2.17. The van der Waals surface area contributed by atoms with E-state index in [-0.39, 0.29) is 5.56 Å². The third-order valence-corrected chi connectivity index (χ3v) is 5.92. The molecule has 0 N–H and O–H groups in total. The Bertz CT molecular complexity index is 1120. The lowest BCUT2D eigenvalue weighted by Gasteiger charge is -2.25. The van der Waals surface area contributed by atoms with Crippen LogP contribution in [0.4, 0.5) is 5.69 Å². The summed E-state index contributed by atoms with van der Waals surface area (Å²) in [5, 5.41) is 0. The average molecular weight is 477 g/mol. The summed E-state index contributed by atoms with van der Waals surface area (Å²) in [5.41, 5.74) is 2.00. The maximum atomic E-state index is 12.8. The quantitative estimate of drug-likeness (QED) is 0.545. The Hall–Kier alpha value is -2.13. The molecule has 0 aliphatic carbocycles. The molecule has 5 nitrogen and oxygen atoms in total. The minimum atomic E-state index is -0.00761. The summed E-state index contributed by atoms with van der Waals surface area (Å²) in [7, 11) is 1.63. The minimum absolute atomic E-state index is 0.00761. The fourth-order valence-electron chi connectivity index (χ4n) is 2.81. The second-order valence-electron chi connectivity index (χ2n) is 5.86. The molecule has 0 saturated carbocycles. The van der Waals surface area contributed by atoms with Gasteiger partial charge in [-0.25, -0.2) is 4.99 Å². The van der Waals surface area contributed by atoms with Crippen molar-refractivity contribution in [2.24, 2.45) is 4.99 Å². The van der Waals surface area contributed by atoms with E-state index in [2.05, 4.69) is 56.7 Å². The van der Waals surface area contributed by atoms with Crippen molar-refractivity contribution in [3.05, 3.63) is 77.4 Å². The largest absolute Gasteiger partial charge is 0.497 e. The number of hydrogen-bond donors (Lipinski definition) is 0. The van der Waals surface area contributed by atoms with Gasteiger partial charge in [-0.2, -0.15) is 0 Å². The molecule has 1 aliphatic rings. The van der Waals surface area contributed by atoms with Crippen molar-refractivity contribution in [3.63, 3.8) is 0 Å². The number of rotatable bonds is 3. The van der Waals surface area contributed by atoms with Crippen LogP contribution in [0, 0.1) is 3.57 Å².